The van der Waals surface area contributed by atoms with Crippen molar-refractivity contribution in [2.24, 2.45) is 0 Å². The molecule has 0 saturated carbocycles. The third kappa shape index (κ3) is 5.76. The molecule has 338 valence electrons. The monoisotopic (exact) mass is 927 g/mol. The van der Waals surface area contributed by atoms with E-state index in [0.717, 1.165) is 33.8 Å². The van der Waals surface area contributed by atoms with Crippen molar-refractivity contribution in [2.45, 2.75) is 0 Å². The molecule has 0 radical (unpaired) electrons. The molecular weight excluding hydrogens is 884 g/mol. The zero-order valence-electron chi connectivity index (χ0n) is 39.7. The van der Waals surface area contributed by atoms with Crippen molar-refractivity contribution in [3.05, 3.63) is 255 Å². The van der Waals surface area contributed by atoms with Crippen molar-refractivity contribution < 1.29 is 0 Å². The van der Waals surface area contributed by atoms with Gasteiger partial charge in [0.2, 0.25) is 0 Å². The number of H-pyrrole nitrogens is 1. The van der Waals surface area contributed by atoms with E-state index in [1.54, 1.807) is 0 Å². The summed E-state index contributed by atoms with van der Waals surface area (Å²) in [5.74, 6) is 0. The summed E-state index contributed by atoms with van der Waals surface area (Å²) in [7, 11) is 0. The molecule has 0 spiro atoms. The van der Waals surface area contributed by atoms with Gasteiger partial charge in [0.15, 0.2) is 0 Å². The molecule has 0 atom stereocenters. The first-order valence-electron chi connectivity index (χ1n) is 25.3. The van der Waals surface area contributed by atoms with Crippen molar-refractivity contribution >= 4 is 136 Å². The number of fused-ring (bicyclic) bond motifs is 11. The van der Waals surface area contributed by atoms with E-state index in [1.165, 1.54) is 100 Å². The molecule has 0 amide bonds. The van der Waals surface area contributed by atoms with Crippen LogP contribution in [0.4, 0.5) is 68.2 Å². The van der Waals surface area contributed by atoms with Gasteiger partial charge in [-0.25, -0.2) is 0 Å². The quantitative estimate of drug-likeness (QED) is 0.174. The Labute approximate surface area is 424 Å². The minimum Gasteiger partial charge on any atom is -0.355 e. The van der Waals surface area contributed by atoms with Crippen LogP contribution < -0.4 is 52.4 Å². The van der Waals surface area contributed by atoms with Crippen LogP contribution in [0.2, 0.25) is 0 Å². The molecule has 0 unspecified atom stereocenters. The molecule has 7 heteroatoms. The molecule has 5 heterocycles. The molecule has 73 heavy (non-hydrogen) atoms. The van der Waals surface area contributed by atoms with Crippen molar-refractivity contribution in [3.8, 4) is 11.1 Å². The van der Waals surface area contributed by atoms with E-state index in [4.69, 9.17) is 0 Å². The number of benzene rings is 11. The average molecular weight is 928 g/mol. The minimum atomic E-state index is 0.0246. The molecule has 0 aliphatic carbocycles. The van der Waals surface area contributed by atoms with Gasteiger partial charge in [-0.2, -0.15) is 0 Å². The topological polar surface area (TPSA) is 28.8 Å². The van der Waals surface area contributed by atoms with E-state index < -0.39 is 0 Å². The molecule has 16 rings (SSSR count). The largest absolute Gasteiger partial charge is 0.355 e. The Morgan fingerprint density at radius 1 is 0.274 bits per heavy atom. The van der Waals surface area contributed by atoms with Gasteiger partial charge in [-0.3, -0.25) is 0 Å². The summed E-state index contributed by atoms with van der Waals surface area (Å²) in [5.41, 5.74) is 26.7. The summed E-state index contributed by atoms with van der Waals surface area (Å²) in [6, 6.07) is 94.2. The smallest absolute Gasteiger partial charge is 0.252 e. The molecule has 4 aliphatic heterocycles. The SMILES string of the molecule is c1ccc(N2c3ccccc3B3c4cc5[nH]c6ccc(-c7cccc8c7N(c7ccccc7)c7cccc9c7B8c7ccccc7N9c7ccccc7)cc6c5cc4N(c4ccccc4)c4cccc2c43)cc1. The first-order valence-corrected chi connectivity index (χ1v) is 25.3. The third-order valence-corrected chi connectivity index (χ3v) is 15.9. The molecule has 1 aromatic heterocycles. The Hall–Kier alpha value is -9.45. The highest BCUT2D eigenvalue weighted by Gasteiger charge is 2.45. The number of para-hydroxylation sites is 7. The van der Waals surface area contributed by atoms with Gasteiger partial charge in [-0.15, -0.1) is 0 Å². The summed E-state index contributed by atoms with van der Waals surface area (Å²) in [6.07, 6.45) is 0. The van der Waals surface area contributed by atoms with Crippen LogP contribution >= 0.6 is 0 Å². The maximum atomic E-state index is 3.95. The van der Waals surface area contributed by atoms with Gasteiger partial charge in [0.05, 0.1) is 0 Å². The lowest BCUT2D eigenvalue weighted by atomic mass is 9.33. The van der Waals surface area contributed by atoms with Crippen molar-refractivity contribution in [1.82, 2.24) is 4.98 Å². The number of hydrogen-bond donors (Lipinski definition) is 1. The maximum absolute atomic E-state index is 3.95. The summed E-state index contributed by atoms with van der Waals surface area (Å²) in [6.45, 7) is 0.0502. The fourth-order valence-electron chi connectivity index (χ4n) is 13.0. The third-order valence-electron chi connectivity index (χ3n) is 15.9. The van der Waals surface area contributed by atoms with E-state index in [0.29, 0.717) is 0 Å². The second-order valence-corrected chi connectivity index (χ2v) is 19.7. The Balaban J connectivity index is 0.912. The van der Waals surface area contributed by atoms with Crippen LogP contribution in [-0.2, 0) is 0 Å². The second-order valence-electron chi connectivity index (χ2n) is 19.7. The molecule has 0 bridgehead atoms. The molecule has 1 N–H and O–H groups in total. The number of aromatic amines is 1. The lowest BCUT2D eigenvalue weighted by Gasteiger charge is -2.44. The second kappa shape index (κ2) is 15.5. The summed E-state index contributed by atoms with van der Waals surface area (Å²) in [4.78, 5) is 13.9. The van der Waals surface area contributed by atoms with Gasteiger partial charge in [0.25, 0.3) is 13.4 Å². The van der Waals surface area contributed by atoms with Crippen LogP contribution in [0, 0.1) is 0 Å². The number of anilines is 12. The van der Waals surface area contributed by atoms with Crippen LogP contribution in [0.15, 0.2) is 255 Å². The highest BCUT2D eigenvalue weighted by molar-refractivity contribution is 7.01. The van der Waals surface area contributed by atoms with Gasteiger partial charge >= 0.3 is 0 Å². The van der Waals surface area contributed by atoms with Gasteiger partial charge in [0, 0.05) is 95.6 Å². The van der Waals surface area contributed by atoms with E-state index in [2.05, 4.69) is 279 Å². The molecule has 12 aromatic rings. The van der Waals surface area contributed by atoms with E-state index in [-0.39, 0.29) is 13.4 Å². The Kier molecular flexibility index (Phi) is 8.57. The first-order chi connectivity index (χ1) is 36.3. The van der Waals surface area contributed by atoms with Gasteiger partial charge in [0.1, 0.15) is 0 Å². The predicted octanol–water partition coefficient (Wildman–Crippen LogP) is 13.2. The lowest BCUT2D eigenvalue weighted by Crippen LogP contribution is -2.61. The molecule has 0 saturated heterocycles. The van der Waals surface area contributed by atoms with Gasteiger partial charge < -0.3 is 24.6 Å². The highest BCUT2D eigenvalue weighted by atomic mass is 15.2. The predicted molar refractivity (Wildman–Crippen MR) is 309 cm³/mol. The Bertz CT molecular complexity index is 4200. The van der Waals surface area contributed by atoms with E-state index in [9.17, 15) is 0 Å². The van der Waals surface area contributed by atoms with Crippen LogP contribution in [0.5, 0.6) is 0 Å². The minimum absolute atomic E-state index is 0.0246. The van der Waals surface area contributed by atoms with Crippen molar-refractivity contribution in [2.75, 3.05) is 19.6 Å². The molecular formula is C66H43B2N5. The van der Waals surface area contributed by atoms with Gasteiger partial charge in [-0.05, 0) is 148 Å². The van der Waals surface area contributed by atoms with Gasteiger partial charge in [-0.1, -0.05) is 146 Å². The number of nitrogens with one attached hydrogen (secondary N) is 1. The van der Waals surface area contributed by atoms with Crippen LogP contribution in [0.1, 0.15) is 0 Å². The standard InChI is InChI=1S/C66H43B2N5/c1-5-20-44(21-6-1)70-57-32-15-13-29-51(57)67-53-31-17-28-48(66(53)73(47-26-11-4-12-27-47)62-37-19-35-60(70)65(62)67)43-38-39-55-49(40-43)50-41-63-54(42-56(50)69-55)68-52-30-14-16-33-58(52)71(45-22-7-2-8-23-45)59-34-18-36-61(64(59)68)72(63)46-24-9-3-10-25-46/h1-42,69H. The van der Waals surface area contributed by atoms with Crippen LogP contribution in [-0.4, -0.2) is 18.4 Å². The molecule has 5 nitrogen and oxygen atoms in total. The molecule has 4 aliphatic rings. The number of hydrogen-bond acceptors (Lipinski definition) is 4. The summed E-state index contributed by atoms with van der Waals surface area (Å²) >= 11 is 0. The van der Waals surface area contributed by atoms with E-state index >= 15 is 0 Å². The van der Waals surface area contributed by atoms with E-state index in [1.807, 2.05) is 0 Å². The zero-order valence-corrected chi connectivity index (χ0v) is 39.7. The average Bonchev–Trinajstić information content (AvgIpc) is 3.82. The van der Waals surface area contributed by atoms with Crippen molar-refractivity contribution in [3.63, 3.8) is 0 Å². The fraction of sp³-hybridized carbons (Fsp3) is 0. The van der Waals surface area contributed by atoms with Crippen molar-refractivity contribution in [1.29, 1.82) is 0 Å². The first kappa shape index (κ1) is 40.3. The van der Waals surface area contributed by atoms with Crippen LogP contribution in [0.25, 0.3) is 32.9 Å². The van der Waals surface area contributed by atoms with Crippen LogP contribution in [0.3, 0.4) is 0 Å². The molecule has 11 aromatic carbocycles. The number of rotatable bonds is 5. The lowest BCUT2D eigenvalue weighted by molar-refractivity contribution is 1.25. The summed E-state index contributed by atoms with van der Waals surface area (Å²) in [5, 5.41) is 2.40. The Morgan fingerprint density at radius 3 is 1.23 bits per heavy atom. The number of aromatic nitrogens is 1. The maximum Gasteiger partial charge on any atom is 0.252 e. The zero-order chi connectivity index (χ0) is 47.7. The summed E-state index contributed by atoms with van der Waals surface area (Å²) < 4.78 is 0. The molecule has 0 fully saturated rings. The highest BCUT2D eigenvalue weighted by Crippen LogP contribution is 2.49. The normalized spacial score (nSPS) is 13.6. The fourth-order valence-corrected chi connectivity index (χ4v) is 13.0. The Morgan fingerprint density at radius 2 is 0.685 bits per heavy atom. The number of nitrogens with zero attached hydrogens (tertiary/aromatic N) is 4.